The first-order valence-electron chi connectivity index (χ1n) is 1.15. The molecule has 0 saturated carbocycles. The van der Waals surface area contributed by atoms with Crippen molar-refractivity contribution in [3.8, 4) is 0 Å². The molecule has 0 rings (SSSR count). The Morgan fingerprint density at radius 2 is 0.750 bits per heavy atom. The summed E-state index contributed by atoms with van der Waals surface area (Å²) in [6, 6.07) is 0. The van der Waals surface area contributed by atoms with Crippen molar-refractivity contribution in [2.45, 2.75) is 0 Å². The Morgan fingerprint density at radius 3 is 0.750 bits per heavy atom. The largest absolute Gasteiger partial charge is 1.00 e. The predicted molar refractivity (Wildman–Crippen MR) is 14.7 cm³/mol. The van der Waals surface area contributed by atoms with E-state index >= 15 is 0 Å². The minimum absolute atomic E-state index is 0. The summed E-state index contributed by atoms with van der Waals surface area (Å²) in [4.78, 5) is 34.3. The van der Waals surface area contributed by atoms with Crippen LogP contribution in [0.3, 0.4) is 0 Å². The summed E-state index contributed by atoms with van der Waals surface area (Å²) in [6.07, 6.45) is 0. The van der Waals surface area contributed by atoms with Gasteiger partial charge in [0.05, 0.1) is 0 Å². The summed E-state index contributed by atoms with van der Waals surface area (Å²) in [6.45, 7) is 0. The van der Waals surface area contributed by atoms with Crippen LogP contribution in [-0.2, 0) is 11.6 Å². The molecule has 0 heterocycles. The van der Waals surface area contributed by atoms with Gasteiger partial charge in [-0.2, -0.15) is 8.42 Å². The van der Waals surface area contributed by atoms with E-state index in [9.17, 15) is 0 Å². The molecule has 0 aliphatic carbocycles. The molecular weight excluding hydrogens is 248 g/mol. The average Bonchev–Trinajstić information content (AvgIpc) is 1.27. The third kappa shape index (κ3) is 153. The van der Waals surface area contributed by atoms with Gasteiger partial charge in [0.15, 0.2) is 0 Å². The van der Waals surface area contributed by atoms with Crippen molar-refractivity contribution in [3.05, 3.63) is 0 Å². The molecule has 0 unspecified atom stereocenters. The molecule has 0 spiro atoms. The van der Waals surface area contributed by atoms with Gasteiger partial charge in [-0.15, -0.1) is 0 Å². The second kappa shape index (κ2) is 24.2. The first-order chi connectivity index (χ1) is 3.41. The fourth-order valence-electron chi connectivity index (χ4n) is 0. The molecule has 0 saturated heterocycles. The van der Waals surface area contributed by atoms with Crippen molar-refractivity contribution in [2.24, 2.45) is 0 Å². The average molecular weight is 248 g/mol. The Kier molecular flexibility index (Phi) is 72.7. The summed E-state index contributed by atoms with van der Waals surface area (Å²) in [5, 5.41) is 0. The van der Waals surface area contributed by atoms with Crippen LogP contribution in [0.25, 0.3) is 0 Å². The van der Waals surface area contributed by atoms with Gasteiger partial charge in [-0.1, -0.05) is 0 Å². The quantitative estimate of drug-likeness (QED) is 0.392. The fourth-order valence-corrected chi connectivity index (χ4v) is 0. The summed E-state index contributed by atoms with van der Waals surface area (Å²) in [5.74, 6) is 0. The van der Waals surface area contributed by atoms with E-state index in [-0.39, 0.29) is 118 Å². The molecule has 12 heteroatoms. The molecule has 0 radical (unpaired) electrons. The summed E-state index contributed by atoms with van der Waals surface area (Å²) < 4.78 is 16.6. The predicted octanol–water partition coefficient (Wildman–Crippen LogP) is -17.8. The second-order valence-corrected chi connectivity index (χ2v) is 1.70. The van der Waals surface area contributed by atoms with Gasteiger partial charge in [0, 0.05) is 0 Å². The molecule has 12 heavy (non-hydrogen) atoms. The molecule has 6 nitrogen and oxygen atoms in total. The van der Waals surface area contributed by atoms with Crippen LogP contribution in [0.2, 0.25) is 0 Å². The maximum absolute atomic E-state index is 8.58. The van der Waals surface area contributed by atoms with Crippen LogP contribution in [-0.4, -0.2) is 17.5 Å². The van der Waals surface area contributed by atoms with Crippen LogP contribution in [0.4, 0.5) is 0 Å². The minimum Gasteiger partial charge on any atom is -0.894 e. The van der Waals surface area contributed by atoms with Crippen molar-refractivity contribution in [3.63, 3.8) is 0 Å². The second-order valence-electron chi connectivity index (χ2n) is 0.568. The van der Waals surface area contributed by atoms with E-state index in [4.69, 9.17) is 27.6 Å². The van der Waals surface area contributed by atoms with E-state index in [0.717, 1.165) is 0 Å². The molecule has 0 amide bonds. The van der Waals surface area contributed by atoms with Gasteiger partial charge in [-0.05, 0) is 0 Å². The van der Waals surface area contributed by atoms with Gasteiger partial charge in [0.25, 0.3) is 0 Å². The van der Waals surface area contributed by atoms with Crippen molar-refractivity contribution >= 4 is 20.6 Å². The number of hydrogen-bond donors (Lipinski definition) is 0. The van der Waals surface area contributed by atoms with E-state index < -0.39 is 20.6 Å². The zero-order valence-electron chi connectivity index (χ0n) is 7.36. The van der Waals surface area contributed by atoms with Crippen molar-refractivity contribution < 1.29 is 146 Å². The SMILES string of the molecule is O=S=O.[Na+].[Na+].[Na+].[Na+].[O-][Si]([O-])([O-])[O-]. The molecular formula is Na4O6SSi. The topological polar surface area (TPSA) is 126 Å². The molecule has 0 aromatic rings. The number of hydrogen-bond acceptors (Lipinski definition) is 6. The monoisotopic (exact) mass is 248 g/mol. The molecule has 0 aromatic heterocycles. The van der Waals surface area contributed by atoms with Gasteiger partial charge < -0.3 is 28.2 Å². The maximum Gasteiger partial charge on any atom is 1.00 e. The molecule has 0 N–H and O–H groups in total. The minimum atomic E-state index is -5.61. The summed E-state index contributed by atoms with van der Waals surface area (Å²) in [5.41, 5.74) is 0. The summed E-state index contributed by atoms with van der Waals surface area (Å²) in [7, 11) is -5.61. The normalized spacial score (nSPS) is 6.00. The van der Waals surface area contributed by atoms with Crippen molar-refractivity contribution in [2.75, 3.05) is 0 Å². The maximum atomic E-state index is 8.58. The zero-order chi connectivity index (χ0) is 7.21. The van der Waals surface area contributed by atoms with E-state index in [0.29, 0.717) is 0 Å². The third-order valence-corrected chi connectivity index (χ3v) is 0. The standard InChI is InChI=1S/4Na.O4Si.O2S/c;;;;1-5(2,3)4;1-3-2/q4*+1;-4;. The van der Waals surface area contributed by atoms with Gasteiger partial charge in [0.1, 0.15) is 0 Å². The van der Waals surface area contributed by atoms with Crippen LogP contribution in [0.5, 0.6) is 0 Å². The van der Waals surface area contributed by atoms with Crippen LogP contribution in [0.15, 0.2) is 0 Å². The molecule has 0 fully saturated rings. The molecule has 0 atom stereocenters. The molecule has 0 aliphatic rings. The smallest absolute Gasteiger partial charge is 0.894 e. The number of rotatable bonds is 0. The Hall–Kier alpha value is 3.88. The first kappa shape index (κ1) is 36.0. The van der Waals surface area contributed by atoms with Crippen LogP contribution in [0, 0.1) is 0 Å². The Bertz CT molecular complexity index is 80.0. The van der Waals surface area contributed by atoms with E-state index in [1.165, 1.54) is 0 Å². The van der Waals surface area contributed by atoms with Gasteiger partial charge in [-0.3, -0.25) is 0 Å². The Balaban J connectivity index is -0.0000000119. The van der Waals surface area contributed by atoms with Crippen LogP contribution in [0.1, 0.15) is 0 Å². The Morgan fingerprint density at radius 1 is 0.750 bits per heavy atom. The fraction of sp³-hybridized carbons (Fsp3) is 0. The molecule has 0 aliphatic heterocycles. The third-order valence-electron chi connectivity index (χ3n) is 0. The molecule has 50 valence electrons. The van der Waals surface area contributed by atoms with Gasteiger partial charge >= 0.3 is 130 Å². The van der Waals surface area contributed by atoms with E-state index in [2.05, 4.69) is 0 Å². The van der Waals surface area contributed by atoms with Crippen molar-refractivity contribution in [1.82, 2.24) is 0 Å². The van der Waals surface area contributed by atoms with Crippen LogP contribution >= 0.6 is 0 Å². The zero-order valence-corrected chi connectivity index (χ0v) is 17.2. The van der Waals surface area contributed by atoms with Crippen LogP contribution < -0.4 is 137 Å². The molecule has 0 aromatic carbocycles. The van der Waals surface area contributed by atoms with E-state index in [1.807, 2.05) is 0 Å². The molecule has 0 bridgehead atoms. The van der Waals surface area contributed by atoms with Gasteiger partial charge in [-0.25, -0.2) is 0 Å². The Labute approximate surface area is 163 Å². The van der Waals surface area contributed by atoms with Crippen molar-refractivity contribution in [1.29, 1.82) is 0 Å². The summed E-state index contributed by atoms with van der Waals surface area (Å²) >= 11 is -0.750. The van der Waals surface area contributed by atoms with Gasteiger partial charge in [0.2, 0.25) is 0 Å². The first-order valence-corrected chi connectivity index (χ1v) is 3.45. The van der Waals surface area contributed by atoms with E-state index in [1.54, 1.807) is 0 Å².